The molecule has 0 N–H and O–H groups in total. The van der Waals surface area contributed by atoms with E-state index in [0.717, 1.165) is 16.7 Å². The minimum absolute atomic E-state index is 0.292. The van der Waals surface area contributed by atoms with Gasteiger partial charge in [0.2, 0.25) is 0 Å². The van der Waals surface area contributed by atoms with E-state index >= 15 is 0 Å². The standard InChI is InChI=1S/C21H13ClN4O2S2/c1-12(17-10-13-4-2-3-5-16(13)28-17)24-25-11-23-19-18(20(25)27)30-21(29)26(19)15-8-6-14(22)7-9-15/h2-11H,1H3/b24-12+. The normalized spacial score (nSPS) is 12.1. The quantitative estimate of drug-likeness (QED) is 0.262. The molecule has 30 heavy (non-hydrogen) atoms. The summed E-state index contributed by atoms with van der Waals surface area (Å²) in [6.45, 7) is 1.79. The molecule has 6 nitrogen and oxygen atoms in total. The van der Waals surface area contributed by atoms with Gasteiger partial charge in [-0.1, -0.05) is 41.1 Å². The van der Waals surface area contributed by atoms with Crippen LogP contribution in [0.25, 0.3) is 27.0 Å². The molecule has 2 aromatic carbocycles. The van der Waals surface area contributed by atoms with Crippen molar-refractivity contribution >= 4 is 62.2 Å². The van der Waals surface area contributed by atoms with Crippen molar-refractivity contribution in [2.45, 2.75) is 6.92 Å². The monoisotopic (exact) mass is 452 g/mol. The molecule has 3 heterocycles. The molecule has 148 valence electrons. The summed E-state index contributed by atoms with van der Waals surface area (Å²) in [5.74, 6) is 0.592. The Bertz CT molecular complexity index is 1530. The summed E-state index contributed by atoms with van der Waals surface area (Å²) in [5.41, 5.74) is 2.32. The Morgan fingerprint density at radius 3 is 2.73 bits per heavy atom. The van der Waals surface area contributed by atoms with Crippen LogP contribution in [0.2, 0.25) is 5.02 Å². The van der Waals surface area contributed by atoms with Crippen LogP contribution < -0.4 is 5.56 Å². The Kier molecular flexibility index (Phi) is 4.62. The molecule has 5 rings (SSSR count). The van der Waals surface area contributed by atoms with Crippen LogP contribution >= 0.6 is 35.2 Å². The smallest absolute Gasteiger partial charge is 0.293 e. The molecule has 0 aliphatic rings. The lowest BCUT2D eigenvalue weighted by Gasteiger charge is -2.05. The fourth-order valence-electron chi connectivity index (χ4n) is 3.15. The third kappa shape index (κ3) is 3.19. The number of furan rings is 1. The second kappa shape index (κ2) is 7.32. The van der Waals surface area contributed by atoms with Gasteiger partial charge in [-0.15, -0.1) is 0 Å². The summed E-state index contributed by atoms with van der Waals surface area (Å²) < 4.78 is 9.74. The SMILES string of the molecule is C/C(=N\n1cnc2c(sc(=S)n2-c2ccc(Cl)cc2)c1=O)c1cc2ccccc2o1. The minimum atomic E-state index is -0.292. The van der Waals surface area contributed by atoms with Crippen LogP contribution in [0.4, 0.5) is 0 Å². The summed E-state index contributed by atoms with van der Waals surface area (Å²) >= 11 is 12.7. The summed E-state index contributed by atoms with van der Waals surface area (Å²) in [5, 5.41) is 6.00. The molecule has 0 bridgehead atoms. The maximum Gasteiger partial charge on any atom is 0.293 e. The fraction of sp³-hybridized carbons (Fsp3) is 0.0476. The van der Waals surface area contributed by atoms with Crippen molar-refractivity contribution in [3.8, 4) is 5.69 Å². The van der Waals surface area contributed by atoms with Gasteiger partial charge in [-0.25, -0.2) is 4.98 Å². The maximum absolute atomic E-state index is 13.0. The summed E-state index contributed by atoms with van der Waals surface area (Å²) in [7, 11) is 0. The number of nitrogens with zero attached hydrogens (tertiary/aromatic N) is 4. The zero-order chi connectivity index (χ0) is 20.8. The van der Waals surface area contributed by atoms with Gasteiger partial charge in [-0.05, 0) is 55.5 Å². The third-order valence-corrected chi connectivity index (χ3v) is 6.21. The molecule has 0 fully saturated rings. The fourth-order valence-corrected chi connectivity index (χ4v) is 4.59. The van der Waals surface area contributed by atoms with Crippen LogP contribution in [0.1, 0.15) is 12.7 Å². The van der Waals surface area contributed by atoms with Crippen molar-refractivity contribution in [1.29, 1.82) is 0 Å². The molecule has 0 atom stereocenters. The van der Waals surface area contributed by atoms with Gasteiger partial charge in [0.25, 0.3) is 5.56 Å². The minimum Gasteiger partial charge on any atom is -0.455 e. The first kappa shape index (κ1) is 18.9. The highest BCUT2D eigenvalue weighted by molar-refractivity contribution is 7.73. The number of para-hydroxylation sites is 1. The number of thiazole rings is 1. The van der Waals surface area contributed by atoms with E-state index in [2.05, 4.69) is 10.1 Å². The zero-order valence-corrected chi connectivity index (χ0v) is 18.0. The van der Waals surface area contributed by atoms with E-state index in [1.807, 2.05) is 42.5 Å². The number of hydrogen-bond donors (Lipinski definition) is 0. The molecule has 0 saturated heterocycles. The lowest BCUT2D eigenvalue weighted by molar-refractivity contribution is 0.602. The number of aromatic nitrogens is 3. The van der Waals surface area contributed by atoms with Gasteiger partial charge < -0.3 is 4.42 Å². The van der Waals surface area contributed by atoms with Crippen LogP contribution in [0.3, 0.4) is 0 Å². The van der Waals surface area contributed by atoms with E-state index in [1.165, 1.54) is 22.3 Å². The molecular weight excluding hydrogens is 440 g/mol. The van der Waals surface area contributed by atoms with Crippen LogP contribution in [-0.2, 0) is 0 Å². The van der Waals surface area contributed by atoms with Crippen molar-refractivity contribution in [3.63, 3.8) is 0 Å². The van der Waals surface area contributed by atoms with Gasteiger partial charge in [0.1, 0.15) is 22.3 Å². The number of fused-ring (bicyclic) bond motifs is 2. The predicted octanol–water partition coefficient (Wildman–Crippen LogP) is 5.65. The van der Waals surface area contributed by atoms with Gasteiger partial charge in [-0.2, -0.15) is 9.78 Å². The Balaban J connectivity index is 1.62. The number of benzene rings is 2. The summed E-state index contributed by atoms with van der Waals surface area (Å²) in [6.07, 6.45) is 1.39. The Morgan fingerprint density at radius 2 is 1.97 bits per heavy atom. The highest BCUT2D eigenvalue weighted by atomic mass is 35.5. The van der Waals surface area contributed by atoms with Gasteiger partial charge in [-0.3, -0.25) is 9.36 Å². The highest BCUT2D eigenvalue weighted by Gasteiger charge is 2.14. The molecule has 0 unspecified atom stereocenters. The first-order valence-electron chi connectivity index (χ1n) is 8.95. The largest absolute Gasteiger partial charge is 0.455 e. The molecule has 0 spiro atoms. The number of rotatable bonds is 3. The maximum atomic E-state index is 13.0. The van der Waals surface area contributed by atoms with Crippen LogP contribution in [0.5, 0.6) is 0 Å². The van der Waals surface area contributed by atoms with E-state index in [4.69, 9.17) is 28.2 Å². The highest BCUT2D eigenvalue weighted by Crippen LogP contribution is 2.24. The van der Waals surface area contributed by atoms with Crippen molar-refractivity contribution < 1.29 is 4.42 Å². The van der Waals surface area contributed by atoms with Gasteiger partial charge in [0.15, 0.2) is 15.4 Å². The van der Waals surface area contributed by atoms with Crippen molar-refractivity contribution in [2.75, 3.05) is 0 Å². The first-order chi connectivity index (χ1) is 14.5. The molecule has 9 heteroatoms. The lowest BCUT2D eigenvalue weighted by atomic mass is 10.2. The van der Waals surface area contributed by atoms with Gasteiger partial charge in [0, 0.05) is 16.1 Å². The molecule has 0 aliphatic heterocycles. The van der Waals surface area contributed by atoms with Crippen LogP contribution in [-0.4, -0.2) is 19.9 Å². The van der Waals surface area contributed by atoms with E-state index < -0.39 is 0 Å². The van der Waals surface area contributed by atoms with Crippen molar-refractivity contribution in [3.05, 3.63) is 86.0 Å². The average molecular weight is 453 g/mol. The van der Waals surface area contributed by atoms with Gasteiger partial charge in [0.05, 0.1) is 0 Å². The van der Waals surface area contributed by atoms with Crippen molar-refractivity contribution in [1.82, 2.24) is 14.2 Å². The second-order valence-electron chi connectivity index (χ2n) is 6.56. The summed E-state index contributed by atoms with van der Waals surface area (Å²) in [6, 6.07) is 16.8. The first-order valence-corrected chi connectivity index (χ1v) is 10.6. The molecule has 3 aromatic heterocycles. The lowest BCUT2D eigenvalue weighted by Crippen LogP contribution is -2.18. The average Bonchev–Trinajstić information content (AvgIpc) is 3.32. The molecule has 5 aromatic rings. The Hall–Kier alpha value is -3.07. The molecule has 0 aliphatic carbocycles. The molecular formula is C21H13ClN4O2S2. The van der Waals surface area contributed by atoms with Crippen LogP contribution in [0.15, 0.2) is 75.2 Å². The Labute approximate surface area is 184 Å². The number of halogens is 1. The molecule has 0 amide bonds. The van der Waals surface area contributed by atoms with Gasteiger partial charge >= 0.3 is 0 Å². The zero-order valence-electron chi connectivity index (χ0n) is 15.6. The van der Waals surface area contributed by atoms with E-state index in [1.54, 1.807) is 23.6 Å². The summed E-state index contributed by atoms with van der Waals surface area (Å²) in [4.78, 5) is 17.5. The third-order valence-electron chi connectivity index (χ3n) is 4.60. The predicted molar refractivity (Wildman–Crippen MR) is 123 cm³/mol. The Morgan fingerprint density at radius 1 is 1.20 bits per heavy atom. The van der Waals surface area contributed by atoms with Crippen LogP contribution in [0, 0.1) is 3.95 Å². The second-order valence-corrected chi connectivity index (χ2v) is 8.64. The van der Waals surface area contributed by atoms with E-state index in [0.29, 0.717) is 30.8 Å². The van der Waals surface area contributed by atoms with E-state index in [9.17, 15) is 4.79 Å². The molecule has 0 saturated carbocycles. The van der Waals surface area contributed by atoms with Crippen molar-refractivity contribution in [2.24, 2.45) is 5.10 Å². The topological polar surface area (TPSA) is 65.3 Å². The molecule has 0 radical (unpaired) electrons. The number of hydrogen-bond acceptors (Lipinski definition) is 6. The van der Waals surface area contributed by atoms with E-state index in [-0.39, 0.29) is 5.56 Å².